The summed E-state index contributed by atoms with van der Waals surface area (Å²) in [6.07, 6.45) is 3.49. The Morgan fingerprint density at radius 3 is 2.60 bits per heavy atom. The minimum atomic E-state index is -0.0871. The average Bonchev–Trinajstić information content (AvgIpc) is 2.98. The monoisotopic (exact) mass is 409 g/mol. The number of fused-ring (bicyclic) bond motifs is 1. The van der Waals surface area contributed by atoms with E-state index in [1.807, 2.05) is 36.4 Å². The van der Waals surface area contributed by atoms with E-state index >= 15 is 0 Å². The first-order valence-electron chi connectivity index (χ1n) is 7.53. The van der Waals surface area contributed by atoms with E-state index in [2.05, 4.69) is 25.9 Å². The highest BCUT2D eigenvalue weighted by molar-refractivity contribution is 9.10. The molecule has 0 fully saturated rings. The number of ketones is 1. The number of thiophene rings is 1. The maximum absolute atomic E-state index is 12.8. The molecule has 3 heterocycles. The number of carbonyl (C=O) groups is 1. The largest absolute Gasteiger partial charge is 0.397 e. The van der Waals surface area contributed by atoms with Gasteiger partial charge in [-0.05, 0) is 48.5 Å². The number of nitrogen functional groups attached to an aromatic ring is 1. The van der Waals surface area contributed by atoms with Crippen molar-refractivity contribution in [1.82, 2.24) is 9.97 Å². The first-order valence-corrected chi connectivity index (χ1v) is 9.14. The van der Waals surface area contributed by atoms with Crippen molar-refractivity contribution in [1.29, 1.82) is 0 Å². The lowest BCUT2D eigenvalue weighted by Crippen LogP contribution is -2.01. The zero-order chi connectivity index (χ0) is 17.4. The van der Waals surface area contributed by atoms with Gasteiger partial charge in [-0.15, -0.1) is 11.3 Å². The Balaban J connectivity index is 1.79. The molecular weight excluding hydrogens is 398 g/mol. The van der Waals surface area contributed by atoms with Gasteiger partial charge in [0.2, 0.25) is 5.78 Å². The van der Waals surface area contributed by atoms with Gasteiger partial charge in [-0.25, -0.2) is 4.98 Å². The number of aromatic nitrogens is 2. The van der Waals surface area contributed by atoms with Crippen LogP contribution in [0, 0.1) is 0 Å². The van der Waals surface area contributed by atoms with Crippen molar-refractivity contribution in [3.05, 3.63) is 75.8 Å². The number of rotatable bonds is 3. The van der Waals surface area contributed by atoms with Gasteiger partial charge in [0.05, 0.1) is 11.4 Å². The molecule has 1 aromatic carbocycles. The molecule has 0 radical (unpaired) electrons. The van der Waals surface area contributed by atoms with Gasteiger partial charge in [-0.3, -0.25) is 9.78 Å². The maximum Gasteiger partial charge on any atom is 0.205 e. The van der Waals surface area contributed by atoms with Crippen LogP contribution in [-0.2, 0) is 0 Å². The predicted molar refractivity (Wildman–Crippen MR) is 105 cm³/mol. The van der Waals surface area contributed by atoms with Crippen molar-refractivity contribution < 1.29 is 4.79 Å². The molecule has 0 atom stereocenters. The molecule has 4 rings (SSSR count). The minimum Gasteiger partial charge on any atom is -0.397 e. The molecule has 0 unspecified atom stereocenters. The summed E-state index contributed by atoms with van der Waals surface area (Å²) in [4.78, 5) is 22.8. The summed E-state index contributed by atoms with van der Waals surface area (Å²) in [5.74, 6) is -0.0871. The van der Waals surface area contributed by atoms with Gasteiger partial charge in [-0.2, -0.15) is 0 Å². The SMILES string of the molecule is Nc1c(C(=O)c2ccc(Br)cc2)sc2nc(-c3cccnc3)ccc12. The highest BCUT2D eigenvalue weighted by Crippen LogP contribution is 2.35. The van der Waals surface area contributed by atoms with Crippen LogP contribution < -0.4 is 5.73 Å². The molecule has 0 saturated heterocycles. The van der Waals surface area contributed by atoms with E-state index in [4.69, 9.17) is 5.73 Å². The van der Waals surface area contributed by atoms with Crippen LogP contribution in [-0.4, -0.2) is 15.8 Å². The summed E-state index contributed by atoms with van der Waals surface area (Å²) in [5, 5.41) is 0.804. The Hall–Kier alpha value is -2.57. The van der Waals surface area contributed by atoms with Crippen LogP contribution in [0.5, 0.6) is 0 Å². The Kier molecular flexibility index (Phi) is 4.07. The summed E-state index contributed by atoms with van der Waals surface area (Å²) in [7, 11) is 0. The molecule has 3 aromatic heterocycles. The van der Waals surface area contributed by atoms with Crippen molar-refractivity contribution in [2.24, 2.45) is 0 Å². The fourth-order valence-electron chi connectivity index (χ4n) is 2.57. The van der Waals surface area contributed by atoms with E-state index in [1.54, 1.807) is 24.5 Å². The van der Waals surface area contributed by atoms with Crippen LogP contribution in [0.15, 0.2) is 65.4 Å². The molecule has 4 nitrogen and oxygen atoms in total. The fourth-order valence-corrected chi connectivity index (χ4v) is 3.89. The minimum absolute atomic E-state index is 0.0871. The number of benzene rings is 1. The quantitative estimate of drug-likeness (QED) is 0.486. The highest BCUT2D eigenvalue weighted by atomic mass is 79.9. The molecule has 0 amide bonds. The molecular formula is C19H12BrN3OS. The van der Waals surface area contributed by atoms with Crippen LogP contribution in [0.1, 0.15) is 15.2 Å². The number of nitrogens with two attached hydrogens (primary N) is 1. The van der Waals surface area contributed by atoms with Crippen molar-refractivity contribution in [2.75, 3.05) is 5.73 Å². The Morgan fingerprint density at radius 2 is 1.88 bits per heavy atom. The summed E-state index contributed by atoms with van der Waals surface area (Å²) in [5.41, 5.74) is 9.05. The van der Waals surface area contributed by atoms with E-state index in [0.717, 1.165) is 25.9 Å². The molecule has 0 spiro atoms. The van der Waals surface area contributed by atoms with Gasteiger partial charge in [-0.1, -0.05) is 15.9 Å². The smallest absolute Gasteiger partial charge is 0.205 e. The molecule has 0 aliphatic rings. The zero-order valence-electron chi connectivity index (χ0n) is 12.9. The molecule has 122 valence electrons. The number of hydrogen-bond donors (Lipinski definition) is 1. The first-order chi connectivity index (χ1) is 12.1. The van der Waals surface area contributed by atoms with Crippen molar-refractivity contribution in [3.63, 3.8) is 0 Å². The number of anilines is 1. The molecule has 2 N–H and O–H groups in total. The van der Waals surface area contributed by atoms with Crippen LogP contribution >= 0.6 is 27.3 Å². The van der Waals surface area contributed by atoms with E-state index in [-0.39, 0.29) is 5.78 Å². The first kappa shape index (κ1) is 15.9. The summed E-state index contributed by atoms with van der Waals surface area (Å²) < 4.78 is 0.927. The van der Waals surface area contributed by atoms with Crippen molar-refractivity contribution in [2.45, 2.75) is 0 Å². The Labute approximate surface area is 156 Å². The van der Waals surface area contributed by atoms with Gasteiger partial charge in [0.15, 0.2) is 0 Å². The molecule has 0 aliphatic heterocycles. The second kappa shape index (κ2) is 6.38. The third-order valence-corrected chi connectivity index (χ3v) is 5.51. The third-order valence-electron chi connectivity index (χ3n) is 3.86. The van der Waals surface area contributed by atoms with Gasteiger partial charge in [0.1, 0.15) is 9.71 Å². The van der Waals surface area contributed by atoms with Crippen LogP contribution in [0.3, 0.4) is 0 Å². The Bertz CT molecular complexity index is 1080. The topological polar surface area (TPSA) is 68.9 Å². The summed E-state index contributed by atoms with van der Waals surface area (Å²) >= 11 is 4.70. The third kappa shape index (κ3) is 2.94. The molecule has 0 saturated carbocycles. The lowest BCUT2D eigenvalue weighted by atomic mass is 10.1. The lowest BCUT2D eigenvalue weighted by molar-refractivity contribution is 0.104. The number of hydrogen-bond acceptors (Lipinski definition) is 5. The Morgan fingerprint density at radius 1 is 1.08 bits per heavy atom. The second-order valence-electron chi connectivity index (χ2n) is 5.47. The number of nitrogens with zero attached hydrogens (tertiary/aromatic N) is 2. The highest BCUT2D eigenvalue weighted by Gasteiger charge is 2.19. The molecule has 0 aliphatic carbocycles. The van der Waals surface area contributed by atoms with Gasteiger partial charge < -0.3 is 5.73 Å². The lowest BCUT2D eigenvalue weighted by Gasteiger charge is -2.00. The predicted octanol–water partition coefficient (Wildman–Crippen LogP) is 4.93. The normalized spacial score (nSPS) is 10.9. The number of halogens is 1. The van der Waals surface area contributed by atoms with Crippen molar-refractivity contribution in [3.8, 4) is 11.3 Å². The standard InChI is InChI=1S/C19H12BrN3OS/c20-13-5-3-11(4-6-13)17(24)18-16(21)14-7-8-15(23-19(14)25-18)12-2-1-9-22-10-12/h1-10H,21H2. The van der Waals surface area contributed by atoms with Gasteiger partial charge >= 0.3 is 0 Å². The number of pyridine rings is 2. The van der Waals surface area contributed by atoms with E-state index in [9.17, 15) is 4.79 Å². The van der Waals surface area contributed by atoms with Crippen LogP contribution in [0.25, 0.3) is 21.5 Å². The molecule has 0 bridgehead atoms. The van der Waals surface area contributed by atoms with E-state index in [0.29, 0.717) is 16.1 Å². The van der Waals surface area contributed by atoms with E-state index in [1.165, 1.54) is 11.3 Å². The average molecular weight is 410 g/mol. The van der Waals surface area contributed by atoms with Gasteiger partial charge in [0.25, 0.3) is 0 Å². The maximum atomic E-state index is 12.8. The molecule has 25 heavy (non-hydrogen) atoms. The summed E-state index contributed by atoms with van der Waals surface area (Å²) in [6, 6.07) is 14.9. The van der Waals surface area contributed by atoms with Crippen LogP contribution in [0.4, 0.5) is 5.69 Å². The van der Waals surface area contributed by atoms with Gasteiger partial charge in [0, 0.05) is 33.4 Å². The molecule has 6 heteroatoms. The van der Waals surface area contributed by atoms with Crippen molar-refractivity contribution >= 4 is 49.0 Å². The second-order valence-corrected chi connectivity index (χ2v) is 7.39. The number of carbonyl (C=O) groups excluding carboxylic acids is 1. The fraction of sp³-hybridized carbons (Fsp3) is 0. The van der Waals surface area contributed by atoms with Crippen LogP contribution in [0.2, 0.25) is 0 Å². The zero-order valence-corrected chi connectivity index (χ0v) is 15.3. The van der Waals surface area contributed by atoms with E-state index < -0.39 is 0 Å². The molecule has 4 aromatic rings. The summed E-state index contributed by atoms with van der Waals surface area (Å²) in [6.45, 7) is 0.